The van der Waals surface area contributed by atoms with Gasteiger partial charge in [0.15, 0.2) is 0 Å². The van der Waals surface area contributed by atoms with Crippen LogP contribution in [-0.4, -0.2) is 17.7 Å². The summed E-state index contributed by atoms with van der Waals surface area (Å²) in [5.41, 5.74) is 3.24. The monoisotopic (exact) mass is 350 g/mol. The molecule has 0 aliphatic carbocycles. The number of H-pyrrole nitrogens is 1. The van der Waals surface area contributed by atoms with Crippen molar-refractivity contribution >= 4 is 20.9 Å². The molecular formula is C20H18N2O2S. The van der Waals surface area contributed by atoms with Crippen LogP contribution in [0.4, 0.5) is 0 Å². The van der Waals surface area contributed by atoms with Crippen LogP contribution in [0.3, 0.4) is 0 Å². The smallest absolute Gasteiger partial charge is 0.267 e. The highest BCUT2D eigenvalue weighted by molar-refractivity contribution is 7.89. The molecule has 0 radical (unpaired) electrons. The quantitative estimate of drug-likeness (QED) is 0.766. The molecule has 126 valence electrons. The number of para-hydroxylation sites is 1. The fourth-order valence-corrected chi connectivity index (χ4v) is 4.22. The predicted molar refractivity (Wildman–Crippen MR) is 99.5 cm³/mol. The number of aryl methyl sites for hydroxylation is 1. The standard InChI is InChI=1S/C20H18N2O2S/c1-15-6-8-17(9-7-15)25(23,24)22-12-10-16(11-13-22)19-14-21-20-5-3-2-4-18(19)20/h2-14,16,21H,1H3. The first kappa shape index (κ1) is 15.7. The van der Waals surface area contributed by atoms with Gasteiger partial charge in [0.1, 0.15) is 0 Å². The molecular weight excluding hydrogens is 332 g/mol. The van der Waals surface area contributed by atoms with E-state index in [2.05, 4.69) is 11.1 Å². The van der Waals surface area contributed by atoms with Crippen LogP contribution >= 0.6 is 0 Å². The third-order valence-electron chi connectivity index (χ3n) is 4.46. The van der Waals surface area contributed by atoms with Crippen LogP contribution in [-0.2, 0) is 10.0 Å². The van der Waals surface area contributed by atoms with Crippen LogP contribution in [0.15, 0.2) is 84.2 Å². The Balaban J connectivity index is 1.62. The van der Waals surface area contributed by atoms with Gasteiger partial charge >= 0.3 is 0 Å². The van der Waals surface area contributed by atoms with Crippen molar-refractivity contribution < 1.29 is 8.42 Å². The number of nitrogens with zero attached hydrogens (tertiary/aromatic N) is 1. The number of benzene rings is 2. The topological polar surface area (TPSA) is 53.2 Å². The summed E-state index contributed by atoms with van der Waals surface area (Å²) >= 11 is 0. The molecule has 0 amide bonds. The Bertz CT molecular complexity index is 1060. The predicted octanol–water partition coefficient (Wildman–Crippen LogP) is 4.29. The molecule has 0 fully saturated rings. The van der Waals surface area contributed by atoms with Crippen molar-refractivity contribution in [3.63, 3.8) is 0 Å². The Labute approximate surface area is 147 Å². The minimum absolute atomic E-state index is 0.0422. The van der Waals surface area contributed by atoms with E-state index in [0.717, 1.165) is 22.0 Å². The molecule has 25 heavy (non-hydrogen) atoms. The fraction of sp³-hybridized carbons (Fsp3) is 0.100. The molecule has 1 aliphatic rings. The second kappa shape index (κ2) is 5.93. The molecule has 0 atom stereocenters. The maximum absolute atomic E-state index is 12.7. The van der Waals surface area contributed by atoms with Gasteiger partial charge in [-0.3, -0.25) is 0 Å². The van der Waals surface area contributed by atoms with Gasteiger partial charge in [-0.1, -0.05) is 48.0 Å². The lowest BCUT2D eigenvalue weighted by Crippen LogP contribution is -2.22. The zero-order chi connectivity index (χ0) is 17.4. The van der Waals surface area contributed by atoms with Crippen molar-refractivity contribution in [2.45, 2.75) is 17.7 Å². The van der Waals surface area contributed by atoms with E-state index in [1.54, 1.807) is 36.7 Å². The first-order valence-electron chi connectivity index (χ1n) is 8.08. The number of allylic oxidation sites excluding steroid dienone is 2. The summed E-state index contributed by atoms with van der Waals surface area (Å²) < 4.78 is 26.7. The molecule has 0 saturated carbocycles. The molecule has 0 unspecified atom stereocenters. The van der Waals surface area contributed by atoms with Gasteiger partial charge < -0.3 is 4.98 Å². The number of hydrogen-bond acceptors (Lipinski definition) is 2. The van der Waals surface area contributed by atoms with E-state index in [4.69, 9.17) is 0 Å². The fourth-order valence-electron chi connectivity index (χ4n) is 3.04. The highest BCUT2D eigenvalue weighted by atomic mass is 32.2. The second-order valence-corrected chi connectivity index (χ2v) is 7.99. The summed E-state index contributed by atoms with van der Waals surface area (Å²) in [4.78, 5) is 3.55. The summed E-state index contributed by atoms with van der Waals surface area (Å²) in [6, 6.07) is 15.0. The second-order valence-electron chi connectivity index (χ2n) is 6.15. The lowest BCUT2D eigenvalue weighted by atomic mass is 9.97. The number of aromatic amines is 1. The maximum Gasteiger partial charge on any atom is 0.267 e. The summed E-state index contributed by atoms with van der Waals surface area (Å²) in [5.74, 6) is 0.0422. The summed E-state index contributed by atoms with van der Waals surface area (Å²) in [6.45, 7) is 1.93. The Kier molecular flexibility index (Phi) is 3.73. The van der Waals surface area contributed by atoms with Crippen molar-refractivity contribution in [1.29, 1.82) is 0 Å². The van der Waals surface area contributed by atoms with Crippen molar-refractivity contribution in [3.05, 3.63) is 90.4 Å². The molecule has 1 N–H and O–H groups in total. The number of hydrogen-bond donors (Lipinski definition) is 1. The number of fused-ring (bicyclic) bond motifs is 1. The maximum atomic E-state index is 12.7. The Morgan fingerprint density at radius 2 is 1.64 bits per heavy atom. The molecule has 1 aliphatic heterocycles. The number of sulfonamides is 1. The van der Waals surface area contributed by atoms with E-state index in [1.165, 1.54) is 4.31 Å². The molecule has 4 rings (SSSR count). The van der Waals surface area contributed by atoms with Crippen LogP contribution in [0.2, 0.25) is 0 Å². The minimum Gasteiger partial charge on any atom is -0.361 e. The van der Waals surface area contributed by atoms with Gasteiger partial charge in [-0.25, -0.2) is 12.7 Å². The Morgan fingerprint density at radius 3 is 2.36 bits per heavy atom. The zero-order valence-corrected chi connectivity index (χ0v) is 14.6. The molecule has 2 heterocycles. The van der Waals surface area contributed by atoms with E-state index in [1.807, 2.05) is 43.5 Å². The van der Waals surface area contributed by atoms with Crippen LogP contribution in [0, 0.1) is 6.92 Å². The number of rotatable bonds is 3. The van der Waals surface area contributed by atoms with Gasteiger partial charge in [0.05, 0.1) is 4.90 Å². The summed E-state index contributed by atoms with van der Waals surface area (Å²) in [6.07, 6.45) is 9.04. The van der Waals surface area contributed by atoms with Crippen LogP contribution in [0.25, 0.3) is 10.9 Å². The van der Waals surface area contributed by atoms with Gasteiger partial charge in [-0.2, -0.15) is 0 Å². The Hall–Kier alpha value is -2.79. The van der Waals surface area contributed by atoms with Crippen LogP contribution in [0.5, 0.6) is 0 Å². The van der Waals surface area contributed by atoms with Crippen LogP contribution in [0.1, 0.15) is 17.0 Å². The van der Waals surface area contributed by atoms with Crippen molar-refractivity contribution in [2.24, 2.45) is 0 Å². The zero-order valence-electron chi connectivity index (χ0n) is 13.8. The van der Waals surface area contributed by atoms with E-state index >= 15 is 0 Å². The molecule has 0 saturated heterocycles. The molecule has 3 aromatic rings. The van der Waals surface area contributed by atoms with Gasteiger partial charge in [0.25, 0.3) is 10.0 Å². The van der Waals surface area contributed by atoms with Gasteiger partial charge in [-0.05, 0) is 30.7 Å². The van der Waals surface area contributed by atoms with E-state index in [-0.39, 0.29) is 10.8 Å². The molecule has 5 heteroatoms. The van der Waals surface area contributed by atoms with Crippen LogP contribution < -0.4 is 0 Å². The molecule has 0 bridgehead atoms. The molecule has 4 nitrogen and oxygen atoms in total. The first-order chi connectivity index (χ1) is 12.1. The first-order valence-corrected chi connectivity index (χ1v) is 9.52. The average Bonchev–Trinajstić information content (AvgIpc) is 3.06. The third kappa shape index (κ3) is 2.76. The van der Waals surface area contributed by atoms with Crippen molar-refractivity contribution in [3.8, 4) is 0 Å². The minimum atomic E-state index is -3.56. The average molecular weight is 350 g/mol. The molecule has 1 aromatic heterocycles. The molecule has 0 spiro atoms. The van der Waals surface area contributed by atoms with Gasteiger partial charge in [-0.15, -0.1) is 0 Å². The van der Waals surface area contributed by atoms with Gasteiger partial charge in [0, 0.05) is 35.4 Å². The van der Waals surface area contributed by atoms with E-state index < -0.39 is 10.0 Å². The summed E-state index contributed by atoms with van der Waals surface area (Å²) in [5, 5.41) is 1.15. The number of aromatic nitrogens is 1. The SMILES string of the molecule is Cc1ccc(S(=O)(=O)N2C=CC(c3c[nH]c4ccccc34)C=C2)cc1. The normalized spacial score (nSPS) is 15.2. The van der Waals surface area contributed by atoms with E-state index in [0.29, 0.717) is 0 Å². The summed E-state index contributed by atoms with van der Waals surface area (Å²) in [7, 11) is -3.56. The van der Waals surface area contributed by atoms with Crippen molar-refractivity contribution in [1.82, 2.24) is 9.29 Å². The lowest BCUT2D eigenvalue weighted by molar-refractivity contribution is 0.549. The third-order valence-corrected chi connectivity index (χ3v) is 6.12. The van der Waals surface area contributed by atoms with Gasteiger partial charge in [0.2, 0.25) is 0 Å². The largest absolute Gasteiger partial charge is 0.361 e. The van der Waals surface area contributed by atoms with E-state index in [9.17, 15) is 8.42 Å². The van der Waals surface area contributed by atoms with Crippen molar-refractivity contribution in [2.75, 3.05) is 0 Å². The highest BCUT2D eigenvalue weighted by Crippen LogP contribution is 2.31. The lowest BCUT2D eigenvalue weighted by Gasteiger charge is -2.21. The molecule has 2 aromatic carbocycles. The Morgan fingerprint density at radius 1 is 0.960 bits per heavy atom. The highest BCUT2D eigenvalue weighted by Gasteiger charge is 2.23. The number of nitrogens with one attached hydrogen (secondary N) is 1.